The van der Waals surface area contributed by atoms with Crippen molar-refractivity contribution in [2.45, 2.75) is 63.0 Å². The second kappa shape index (κ2) is 9.94. The average Bonchev–Trinajstić information content (AvgIpc) is 3.56. The van der Waals surface area contributed by atoms with Crippen molar-refractivity contribution in [3.8, 4) is 17.3 Å². The maximum Gasteiger partial charge on any atom is 0.145 e. The van der Waals surface area contributed by atoms with Crippen molar-refractivity contribution in [2.75, 3.05) is 44.2 Å². The molecular weight excluding hydrogens is 496 g/mol. The summed E-state index contributed by atoms with van der Waals surface area (Å²) in [7, 11) is -0.572. The van der Waals surface area contributed by atoms with Crippen LogP contribution in [0.15, 0.2) is 31.0 Å². The lowest BCUT2D eigenvalue weighted by Gasteiger charge is -2.53. The SMILES string of the molecule is CC1CC2CC(N3CC(CC#N)(n4cc(-c5ncnc6c5ccn6COCCS(C)(C)C)cn4)C3)CC1N2. The molecule has 1 N–H and O–H groups in total. The molecule has 3 fully saturated rings. The van der Waals surface area contributed by atoms with Crippen LogP contribution in [0.3, 0.4) is 0 Å². The highest BCUT2D eigenvalue weighted by molar-refractivity contribution is 8.32. The average molecular weight is 537 g/mol. The smallest absolute Gasteiger partial charge is 0.145 e. The van der Waals surface area contributed by atoms with E-state index >= 15 is 0 Å². The van der Waals surface area contributed by atoms with Gasteiger partial charge in [-0.15, -0.1) is 0 Å². The number of nitrogens with one attached hydrogen (secondary N) is 1. The first kappa shape index (κ1) is 25.8. The first-order valence-electron chi connectivity index (χ1n) is 13.7. The Kier molecular flexibility index (Phi) is 6.75. The summed E-state index contributed by atoms with van der Waals surface area (Å²) < 4.78 is 10.0. The lowest BCUT2D eigenvalue weighted by atomic mass is 9.83. The minimum atomic E-state index is -0.572. The molecule has 0 saturated carbocycles. The van der Waals surface area contributed by atoms with Crippen molar-refractivity contribution in [3.63, 3.8) is 0 Å². The van der Waals surface area contributed by atoms with Gasteiger partial charge in [0.25, 0.3) is 0 Å². The molecule has 204 valence electrons. The van der Waals surface area contributed by atoms with E-state index in [4.69, 9.17) is 9.84 Å². The zero-order valence-corrected chi connectivity index (χ0v) is 23.8. The van der Waals surface area contributed by atoms with Crippen LogP contribution in [-0.2, 0) is 17.0 Å². The van der Waals surface area contributed by atoms with E-state index in [-0.39, 0.29) is 5.54 Å². The molecule has 0 aromatic carbocycles. The van der Waals surface area contributed by atoms with Crippen molar-refractivity contribution in [2.24, 2.45) is 5.92 Å². The molecule has 4 unspecified atom stereocenters. The van der Waals surface area contributed by atoms with Crippen LogP contribution >= 0.6 is 10.0 Å². The first-order chi connectivity index (χ1) is 18.2. The summed E-state index contributed by atoms with van der Waals surface area (Å²) in [5, 5.41) is 19.3. The van der Waals surface area contributed by atoms with E-state index < -0.39 is 10.0 Å². The number of nitrogens with zero attached hydrogens (tertiary/aromatic N) is 7. The molecule has 0 aliphatic carbocycles. The fourth-order valence-electron chi connectivity index (χ4n) is 6.60. The molecule has 0 radical (unpaired) electrons. The van der Waals surface area contributed by atoms with Crippen LogP contribution in [0.2, 0.25) is 0 Å². The van der Waals surface area contributed by atoms with Gasteiger partial charge in [-0.2, -0.15) is 10.4 Å². The van der Waals surface area contributed by atoms with Gasteiger partial charge in [0, 0.05) is 60.3 Å². The van der Waals surface area contributed by atoms with E-state index in [1.165, 1.54) is 19.3 Å². The topological polar surface area (TPSA) is 96.8 Å². The van der Waals surface area contributed by atoms with E-state index in [2.05, 4.69) is 64.2 Å². The summed E-state index contributed by atoms with van der Waals surface area (Å²) in [5.74, 6) is 1.85. The standard InChI is InChI=1S/C28H40N8OS/c1-20-11-22-12-23(13-25(20)33-22)35-16-28(17-35,6-7-29)36-15-21(14-32-36)26-24-5-8-34(27(24)31-18-30-26)19-37-9-10-38(2,3)4/h5,8,14-15,18,20,22-23,25,33H,6,9-13,16-17,19H2,1-4H3. The largest absolute Gasteiger partial charge is 0.360 e. The number of hydrogen-bond donors (Lipinski definition) is 1. The summed E-state index contributed by atoms with van der Waals surface area (Å²) in [4.78, 5) is 11.8. The fraction of sp³-hybridized carbons (Fsp3) is 0.643. The predicted molar refractivity (Wildman–Crippen MR) is 152 cm³/mol. The molecule has 4 atom stereocenters. The Balaban J connectivity index is 1.17. The summed E-state index contributed by atoms with van der Waals surface area (Å²) in [6, 6.07) is 6.39. The lowest BCUT2D eigenvalue weighted by molar-refractivity contribution is -0.0394. The van der Waals surface area contributed by atoms with Crippen LogP contribution in [-0.4, -0.2) is 91.6 Å². The Morgan fingerprint density at radius 1 is 1.21 bits per heavy atom. The first-order valence-corrected chi connectivity index (χ1v) is 16.7. The third-order valence-corrected chi connectivity index (χ3v) is 10.2. The number of nitriles is 1. The number of ether oxygens (including phenoxy) is 1. The molecule has 6 rings (SSSR count). The highest BCUT2D eigenvalue weighted by Gasteiger charge is 2.50. The number of aromatic nitrogens is 5. The summed E-state index contributed by atoms with van der Waals surface area (Å²) in [6.07, 6.45) is 18.7. The molecule has 3 aliphatic heterocycles. The Hall–Kier alpha value is -2.45. The second-order valence-corrected chi connectivity index (χ2v) is 17.1. The lowest BCUT2D eigenvalue weighted by Crippen LogP contribution is -2.67. The quantitative estimate of drug-likeness (QED) is 0.419. The van der Waals surface area contributed by atoms with Gasteiger partial charge in [0.15, 0.2) is 0 Å². The second-order valence-electron chi connectivity index (χ2n) is 12.5. The van der Waals surface area contributed by atoms with Gasteiger partial charge >= 0.3 is 0 Å². The Morgan fingerprint density at radius 2 is 2.05 bits per heavy atom. The molecule has 2 bridgehead atoms. The van der Waals surface area contributed by atoms with Crippen molar-refractivity contribution >= 4 is 21.1 Å². The van der Waals surface area contributed by atoms with E-state index in [1.54, 1.807) is 6.33 Å². The number of rotatable bonds is 9. The van der Waals surface area contributed by atoms with Gasteiger partial charge < -0.3 is 14.6 Å². The van der Waals surface area contributed by atoms with Crippen molar-refractivity contribution in [1.82, 2.24) is 34.5 Å². The molecule has 6 heterocycles. The number of piperidine rings is 1. The summed E-state index contributed by atoms with van der Waals surface area (Å²) >= 11 is 0. The molecule has 3 aromatic heterocycles. The van der Waals surface area contributed by atoms with Crippen LogP contribution in [0, 0.1) is 17.2 Å². The van der Waals surface area contributed by atoms with Crippen LogP contribution < -0.4 is 5.32 Å². The molecule has 0 spiro atoms. The maximum atomic E-state index is 9.70. The minimum absolute atomic E-state index is 0.274. The molecule has 3 aromatic rings. The van der Waals surface area contributed by atoms with Crippen LogP contribution in [0.5, 0.6) is 0 Å². The molecule has 3 aliphatic rings. The van der Waals surface area contributed by atoms with E-state index in [0.717, 1.165) is 53.7 Å². The monoisotopic (exact) mass is 536 g/mol. The van der Waals surface area contributed by atoms with Gasteiger partial charge in [0.1, 0.15) is 24.2 Å². The highest BCUT2D eigenvalue weighted by atomic mass is 32.3. The Labute approximate surface area is 226 Å². The molecule has 3 saturated heterocycles. The van der Waals surface area contributed by atoms with Gasteiger partial charge in [-0.3, -0.25) is 9.58 Å². The van der Waals surface area contributed by atoms with Gasteiger partial charge in [-0.05, 0) is 50.0 Å². The Bertz CT molecular complexity index is 1330. The zero-order chi connectivity index (χ0) is 26.5. The normalized spacial score (nSPS) is 27.3. The van der Waals surface area contributed by atoms with Gasteiger partial charge in [0.2, 0.25) is 0 Å². The maximum absolute atomic E-state index is 9.70. The highest BCUT2D eigenvalue weighted by Crippen LogP contribution is 2.41. The Morgan fingerprint density at radius 3 is 2.82 bits per heavy atom. The molecule has 0 amide bonds. The van der Waals surface area contributed by atoms with Crippen LogP contribution in [0.4, 0.5) is 0 Å². The van der Waals surface area contributed by atoms with Crippen molar-refractivity contribution in [1.29, 1.82) is 5.26 Å². The minimum Gasteiger partial charge on any atom is -0.360 e. The van der Waals surface area contributed by atoms with Crippen LogP contribution in [0.1, 0.15) is 32.6 Å². The van der Waals surface area contributed by atoms with E-state index in [9.17, 15) is 5.26 Å². The number of fused-ring (bicyclic) bond motifs is 3. The van der Waals surface area contributed by atoms with Gasteiger partial charge in [-0.25, -0.2) is 20.0 Å². The third-order valence-electron chi connectivity index (χ3n) is 8.76. The van der Waals surface area contributed by atoms with Crippen molar-refractivity contribution in [3.05, 3.63) is 31.0 Å². The fourth-order valence-corrected chi connectivity index (χ4v) is 7.21. The molecule has 38 heavy (non-hydrogen) atoms. The van der Waals surface area contributed by atoms with Gasteiger partial charge in [-0.1, -0.05) is 6.92 Å². The number of hydrogen-bond acceptors (Lipinski definition) is 7. The zero-order valence-electron chi connectivity index (χ0n) is 23.0. The van der Waals surface area contributed by atoms with E-state index in [0.29, 0.717) is 31.3 Å². The van der Waals surface area contributed by atoms with Gasteiger partial charge in [0.05, 0.1) is 31.0 Å². The molecular formula is C28H40N8OS. The van der Waals surface area contributed by atoms with Crippen molar-refractivity contribution < 1.29 is 4.74 Å². The number of likely N-dealkylation sites (tertiary alicyclic amines) is 1. The van der Waals surface area contributed by atoms with Crippen LogP contribution in [0.25, 0.3) is 22.3 Å². The van der Waals surface area contributed by atoms with E-state index in [1.807, 2.05) is 21.6 Å². The summed E-state index contributed by atoms with van der Waals surface area (Å²) in [6.45, 7) is 5.36. The molecule has 9 nitrogen and oxygen atoms in total. The third kappa shape index (κ3) is 4.86. The molecule has 10 heteroatoms. The summed E-state index contributed by atoms with van der Waals surface area (Å²) in [5.41, 5.74) is 2.41. The predicted octanol–water partition coefficient (Wildman–Crippen LogP) is 3.42.